The van der Waals surface area contributed by atoms with Gasteiger partial charge in [-0.25, -0.2) is 17.2 Å². The molecule has 0 atom stereocenters. The van der Waals surface area contributed by atoms with Crippen LogP contribution in [0.2, 0.25) is 0 Å². The van der Waals surface area contributed by atoms with Crippen LogP contribution in [-0.4, -0.2) is 25.1 Å². The summed E-state index contributed by atoms with van der Waals surface area (Å²) in [7, 11) is -4.14. The lowest BCUT2D eigenvalue weighted by Gasteiger charge is -2.19. The Bertz CT molecular complexity index is 893. The Morgan fingerprint density at radius 3 is 2.48 bits per heavy atom. The third kappa shape index (κ3) is 2.55. The zero-order valence-electron chi connectivity index (χ0n) is 11.8. The molecule has 0 bridgehead atoms. The monoisotopic (exact) mass is 338 g/mol. The molecular weight excluding hydrogens is 326 g/mol. The lowest BCUT2D eigenvalue weighted by atomic mass is 10.1. The predicted octanol–water partition coefficient (Wildman–Crippen LogP) is 2.64. The van der Waals surface area contributed by atoms with Gasteiger partial charge in [0.1, 0.15) is 17.4 Å². The number of anilines is 1. The Kier molecular flexibility index (Phi) is 3.56. The van der Waals surface area contributed by atoms with Crippen LogP contribution in [0.5, 0.6) is 0 Å². The zero-order valence-corrected chi connectivity index (χ0v) is 12.6. The van der Waals surface area contributed by atoms with Gasteiger partial charge in [-0.3, -0.25) is 9.29 Å². The molecule has 1 aliphatic rings. The molecule has 0 radical (unpaired) electrons. The van der Waals surface area contributed by atoms with E-state index in [1.165, 1.54) is 12.4 Å². The number of aromatic nitrogens is 1. The van der Waals surface area contributed by atoms with Gasteiger partial charge in [-0.15, -0.1) is 0 Å². The van der Waals surface area contributed by atoms with E-state index in [0.29, 0.717) is 23.6 Å². The number of benzene rings is 1. The Labute approximate surface area is 131 Å². The topological polar surface area (TPSA) is 70.5 Å². The van der Waals surface area contributed by atoms with E-state index in [1.54, 1.807) is 0 Å². The number of rotatable bonds is 3. The van der Waals surface area contributed by atoms with Gasteiger partial charge in [-0.2, -0.15) is 0 Å². The van der Waals surface area contributed by atoms with Gasteiger partial charge in [0.25, 0.3) is 10.0 Å². The highest BCUT2D eigenvalue weighted by atomic mass is 32.2. The SMILES string of the molecule is C=C(O)c1cncc2c1CCN2S(=O)(=O)c1cc(F)cc(F)c1. The quantitative estimate of drug-likeness (QED) is 0.874. The normalized spacial score (nSPS) is 13.9. The van der Waals surface area contributed by atoms with E-state index in [4.69, 9.17) is 0 Å². The summed E-state index contributed by atoms with van der Waals surface area (Å²) in [5, 5.41) is 9.57. The number of hydrogen-bond acceptors (Lipinski definition) is 4. The molecule has 0 saturated heterocycles. The first-order valence-corrected chi connectivity index (χ1v) is 8.08. The number of aliphatic hydroxyl groups excluding tert-OH is 1. The largest absolute Gasteiger partial charge is 0.508 e. The van der Waals surface area contributed by atoms with Gasteiger partial charge >= 0.3 is 0 Å². The molecule has 0 unspecified atom stereocenters. The molecule has 0 amide bonds. The maximum absolute atomic E-state index is 13.3. The average Bonchev–Trinajstić information content (AvgIpc) is 2.90. The highest BCUT2D eigenvalue weighted by molar-refractivity contribution is 7.92. The van der Waals surface area contributed by atoms with Crippen molar-refractivity contribution in [1.82, 2.24) is 4.98 Å². The van der Waals surface area contributed by atoms with Gasteiger partial charge in [0, 0.05) is 24.4 Å². The van der Waals surface area contributed by atoms with Crippen LogP contribution in [0.3, 0.4) is 0 Å². The molecule has 1 aliphatic heterocycles. The predicted molar refractivity (Wildman–Crippen MR) is 80.5 cm³/mol. The molecule has 23 heavy (non-hydrogen) atoms. The Balaban J connectivity index is 2.12. The van der Waals surface area contributed by atoms with Gasteiger partial charge in [-0.05, 0) is 24.1 Å². The second-order valence-electron chi connectivity index (χ2n) is 5.06. The lowest BCUT2D eigenvalue weighted by molar-refractivity contribution is 0.512. The molecule has 0 spiro atoms. The second kappa shape index (κ2) is 5.31. The third-order valence-corrected chi connectivity index (χ3v) is 5.39. The van der Waals surface area contributed by atoms with E-state index >= 15 is 0 Å². The molecule has 120 valence electrons. The van der Waals surface area contributed by atoms with Gasteiger partial charge in [0.05, 0.1) is 16.8 Å². The first-order chi connectivity index (χ1) is 10.8. The van der Waals surface area contributed by atoms with Crippen LogP contribution in [0.25, 0.3) is 5.76 Å². The fraction of sp³-hybridized carbons (Fsp3) is 0.133. The van der Waals surface area contributed by atoms with Crippen molar-refractivity contribution in [2.24, 2.45) is 0 Å². The van der Waals surface area contributed by atoms with Crippen LogP contribution in [-0.2, 0) is 16.4 Å². The van der Waals surface area contributed by atoms with Crippen molar-refractivity contribution in [3.05, 3.63) is 59.9 Å². The minimum atomic E-state index is -4.14. The molecule has 1 N–H and O–H groups in total. The molecule has 0 fully saturated rings. The minimum Gasteiger partial charge on any atom is -0.508 e. The molecule has 5 nitrogen and oxygen atoms in total. The summed E-state index contributed by atoms with van der Waals surface area (Å²) in [5.74, 6) is -2.16. The third-order valence-electron chi connectivity index (χ3n) is 3.60. The van der Waals surface area contributed by atoms with Crippen molar-refractivity contribution in [1.29, 1.82) is 0 Å². The first kappa shape index (κ1) is 15.4. The Hall–Kier alpha value is -2.48. The maximum Gasteiger partial charge on any atom is 0.264 e. The molecule has 2 aromatic rings. The van der Waals surface area contributed by atoms with E-state index in [1.807, 2.05) is 0 Å². The van der Waals surface area contributed by atoms with E-state index < -0.39 is 26.6 Å². The lowest BCUT2D eigenvalue weighted by Crippen LogP contribution is -2.29. The van der Waals surface area contributed by atoms with E-state index in [9.17, 15) is 22.3 Å². The number of halogens is 2. The van der Waals surface area contributed by atoms with Gasteiger partial charge < -0.3 is 5.11 Å². The van der Waals surface area contributed by atoms with Crippen molar-refractivity contribution in [2.45, 2.75) is 11.3 Å². The fourth-order valence-corrected chi connectivity index (χ4v) is 4.12. The van der Waals surface area contributed by atoms with E-state index in [2.05, 4.69) is 11.6 Å². The summed E-state index contributed by atoms with van der Waals surface area (Å²) in [6.45, 7) is 3.50. The fourth-order valence-electron chi connectivity index (χ4n) is 2.59. The molecule has 2 heterocycles. The van der Waals surface area contributed by atoms with Crippen LogP contribution in [0.1, 0.15) is 11.1 Å². The molecule has 1 aromatic carbocycles. The maximum atomic E-state index is 13.3. The Morgan fingerprint density at radius 1 is 1.22 bits per heavy atom. The first-order valence-electron chi connectivity index (χ1n) is 6.64. The van der Waals surface area contributed by atoms with Crippen molar-refractivity contribution >= 4 is 21.5 Å². The summed E-state index contributed by atoms with van der Waals surface area (Å²) in [6, 6.07) is 2.13. The van der Waals surface area contributed by atoms with Gasteiger partial charge in [-0.1, -0.05) is 6.58 Å². The Morgan fingerprint density at radius 2 is 1.87 bits per heavy atom. The van der Waals surface area contributed by atoms with Gasteiger partial charge in [0.2, 0.25) is 0 Å². The molecular formula is C15H12F2N2O3S. The van der Waals surface area contributed by atoms with Crippen LogP contribution < -0.4 is 4.31 Å². The summed E-state index contributed by atoms with van der Waals surface area (Å²) < 4.78 is 53.0. The minimum absolute atomic E-state index is 0.0851. The second-order valence-corrected chi connectivity index (χ2v) is 6.93. The van der Waals surface area contributed by atoms with Crippen molar-refractivity contribution < 1.29 is 22.3 Å². The van der Waals surface area contributed by atoms with Crippen LogP contribution in [0.4, 0.5) is 14.5 Å². The molecule has 0 aliphatic carbocycles. The molecule has 8 heteroatoms. The number of pyridine rings is 1. The van der Waals surface area contributed by atoms with Crippen LogP contribution in [0, 0.1) is 11.6 Å². The highest BCUT2D eigenvalue weighted by Gasteiger charge is 2.33. The molecule has 1 aromatic heterocycles. The molecule has 3 rings (SSSR count). The van der Waals surface area contributed by atoms with Gasteiger partial charge in [0.15, 0.2) is 0 Å². The summed E-state index contributed by atoms with van der Waals surface area (Å²) >= 11 is 0. The summed E-state index contributed by atoms with van der Waals surface area (Å²) in [6.07, 6.45) is 3.06. The van der Waals surface area contributed by atoms with Crippen molar-refractivity contribution in [3.8, 4) is 0 Å². The number of aliphatic hydroxyl groups is 1. The highest BCUT2D eigenvalue weighted by Crippen LogP contribution is 2.35. The van der Waals surface area contributed by atoms with E-state index in [0.717, 1.165) is 16.4 Å². The van der Waals surface area contributed by atoms with E-state index in [-0.39, 0.29) is 18.0 Å². The number of fused-ring (bicyclic) bond motifs is 1. The standard InChI is InChI=1S/C15H12F2N2O3S/c1-9(20)14-7-18-8-15-13(14)2-3-19(15)23(21,22)12-5-10(16)4-11(17)6-12/h4-8,20H,1-3H2. The number of nitrogens with zero attached hydrogens (tertiary/aromatic N) is 2. The molecule has 0 saturated carbocycles. The number of sulfonamides is 1. The number of hydrogen-bond donors (Lipinski definition) is 1. The average molecular weight is 338 g/mol. The summed E-state index contributed by atoms with van der Waals surface area (Å²) in [4.78, 5) is 3.42. The van der Waals surface area contributed by atoms with Crippen molar-refractivity contribution in [2.75, 3.05) is 10.8 Å². The van der Waals surface area contributed by atoms with Crippen LogP contribution in [0.15, 0.2) is 42.1 Å². The summed E-state index contributed by atoms with van der Waals surface area (Å²) in [5.41, 5.74) is 1.20. The van der Waals surface area contributed by atoms with Crippen molar-refractivity contribution in [3.63, 3.8) is 0 Å². The van der Waals surface area contributed by atoms with Crippen LogP contribution >= 0.6 is 0 Å². The smallest absolute Gasteiger partial charge is 0.264 e. The zero-order chi connectivity index (χ0) is 16.8.